The predicted molar refractivity (Wildman–Crippen MR) is 91.8 cm³/mol. The number of piperazine rings is 1. The Balaban J connectivity index is 1.39. The van der Waals surface area contributed by atoms with E-state index in [1.165, 1.54) is 11.3 Å². The monoisotopic (exact) mass is 317 g/mol. The van der Waals surface area contributed by atoms with Crippen molar-refractivity contribution in [3.05, 3.63) is 29.8 Å². The summed E-state index contributed by atoms with van der Waals surface area (Å²) >= 11 is 0. The lowest BCUT2D eigenvalue weighted by molar-refractivity contribution is -0.122. The molecule has 5 nitrogen and oxygen atoms in total. The molecule has 126 valence electrons. The van der Waals surface area contributed by atoms with Gasteiger partial charge in [0.1, 0.15) is 0 Å². The van der Waals surface area contributed by atoms with E-state index in [0.29, 0.717) is 13.1 Å². The molecule has 1 aromatic rings. The summed E-state index contributed by atoms with van der Waals surface area (Å²) in [7, 11) is 0. The highest BCUT2D eigenvalue weighted by atomic mass is 16.5. The van der Waals surface area contributed by atoms with Gasteiger partial charge < -0.3 is 15.0 Å². The summed E-state index contributed by atoms with van der Waals surface area (Å²) in [5, 5.41) is 3.00. The molecule has 0 bridgehead atoms. The van der Waals surface area contributed by atoms with Crippen LogP contribution in [0.4, 0.5) is 5.69 Å². The summed E-state index contributed by atoms with van der Waals surface area (Å²) in [6.07, 6.45) is 2.40. The number of hydrogen-bond acceptors (Lipinski definition) is 4. The second-order valence-electron chi connectivity index (χ2n) is 6.54. The molecule has 0 aromatic heterocycles. The summed E-state index contributed by atoms with van der Waals surface area (Å²) < 4.78 is 5.53. The molecule has 2 heterocycles. The van der Waals surface area contributed by atoms with Gasteiger partial charge in [0.05, 0.1) is 12.6 Å². The van der Waals surface area contributed by atoms with Crippen molar-refractivity contribution < 1.29 is 9.53 Å². The molecule has 0 radical (unpaired) electrons. The second-order valence-corrected chi connectivity index (χ2v) is 6.54. The Morgan fingerprint density at radius 2 is 2.13 bits per heavy atom. The highest BCUT2D eigenvalue weighted by Gasteiger charge is 2.20. The molecule has 1 atom stereocenters. The second kappa shape index (κ2) is 7.79. The molecule has 1 aromatic carbocycles. The van der Waals surface area contributed by atoms with Crippen LogP contribution < -0.4 is 10.2 Å². The number of benzene rings is 1. The number of carbonyl (C=O) groups excluding carboxylic acids is 1. The fourth-order valence-electron chi connectivity index (χ4n) is 3.28. The molecule has 3 rings (SSSR count). The van der Waals surface area contributed by atoms with Gasteiger partial charge in [-0.05, 0) is 37.5 Å². The number of aryl methyl sites for hydroxylation is 1. The van der Waals surface area contributed by atoms with Crippen LogP contribution in [0.2, 0.25) is 0 Å². The molecular weight excluding hydrogens is 290 g/mol. The van der Waals surface area contributed by atoms with E-state index in [9.17, 15) is 4.79 Å². The fraction of sp³-hybridized carbons (Fsp3) is 0.611. The van der Waals surface area contributed by atoms with Crippen LogP contribution in [0, 0.1) is 6.92 Å². The molecular formula is C18H27N3O2. The maximum atomic E-state index is 12.0. The minimum Gasteiger partial charge on any atom is -0.376 e. The van der Waals surface area contributed by atoms with E-state index in [1.54, 1.807) is 0 Å². The highest BCUT2D eigenvalue weighted by molar-refractivity contribution is 5.78. The number of amides is 1. The zero-order valence-electron chi connectivity index (χ0n) is 14.0. The van der Waals surface area contributed by atoms with Gasteiger partial charge in [0.25, 0.3) is 0 Å². The van der Waals surface area contributed by atoms with Gasteiger partial charge in [-0.3, -0.25) is 9.69 Å². The molecule has 2 fully saturated rings. The smallest absolute Gasteiger partial charge is 0.234 e. The summed E-state index contributed by atoms with van der Waals surface area (Å²) in [5.74, 6) is 0.115. The summed E-state index contributed by atoms with van der Waals surface area (Å²) in [5.41, 5.74) is 2.57. The minimum atomic E-state index is 0.115. The lowest BCUT2D eigenvalue weighted by Crippen LogP contribution is -2.50. The number of nitrogens with one attached hydrogen (secondary N) is 1. The number of anilines is 1. The Labute approximate surface area is 138 Å². The van der Waals surface area contributed by atoms with Crippen LogP contribution in [-0.4, -0.2) is 62.8 Å². The first-order valence-corrected chi connectivity index (χ1v) is 8.63. The van der Waals surface area contributed by atoms with Crippen LogP contribution in [0.5, 0.6) is 0 Å². The van der Waals surface area contributed by atoms with E-state index in [0.717, 1.165) is 45.6 Å². The minimum absolute atomic E-state index is 0.115. The topological polar surface area (TPSA) is 44.8 Å². The van der Waals surface area contributed by atoms with E-state index in [2.05, 4.69) is 46.3 Å². The van der Waals surface area contributed by atoms with Gasteiger partial charge in [-0.25, -0.2) is 0 Å². The first kappa shape index (κ1) is 16.3. The van der Waals surface area contributed by atoms with Crippen molar-refractivity contribution in [2.75, 3.05) is 50.8 Å². The third-order valence-electron chi connectivity index (χ3n) is 4.66. The van der Waals surface area contributed by atoms with E-state index in [-0.39, 0.29) is 12.0 Å². The molecule has 0 saturated carbocycles. The van der Waals surface area contributed by atoms with Crippen LogP contribution in [0.25, 0.3) is 0 Å². The van der Waals surface area contributed by atoms with Gasteiger partial charge in [0.2, 0.25) is 5.91 Å². The lowest BCUT2D eigenvalue weighted by atomic mass is 10.2. The molecule has 5 heteroatoms. The van der Waals surface area contributed by atoms with Gasteiger partial charge in [-0.2, -0.15) is 0 Å². The van der Waals surface area contributed by atoms with Crippen LogP contribution in [0.15, 0.2) is 24.3 Å². The average molecular weight is 317 g/mol. The van der Waals surface area contributed by atoms with Crippen molar-refractivity contribution in [2.24, 2.45) is 0 Å². The van der Waals surface area contributed by atoms with Gasteiger partial charge in [0, 0.05) is 45.0 Å². The fourth-order valence-corrected chi connectivity index (χ4v) is 3.28. The molecule has 2 aliphatic rings. The summed E-state index contributed by atoms with van der Waals surface area (Å²) in [6, 6.07) is 8.62. The SMILES string of the molecule is Cc1cccc(N2CCN(CC(=O)NCC3CCCO3)CC2)c1. The molecule has 1 amide bonds. The van der Waals surface area contributed by atoms with E-state index < -0.39 is 0 Å². The van der Waals surface area contributed by atoms with Gasteiger partial charge in [-0.15, -0.1) is 0 Å². The zero-order chi connectivity index (χ0) is 16.1. The standard InChI is InChI=1S/C18H27N3O2/c1-15-4-2-5-16(12-15)21-9-7-20(8-10-21)14-18(22)19-13-17-6-3-11-23-17/h2,4-5,12,17H,3,6-11,13-14H2,1H3,(H,19,22). The van der Waals surface area contributed by atoms with Crippen molar-refractivity contribution >= 4 is 11.6 Å². The normalized spacial score (nSPS) is 22.3. The quantitative estimate of drug-likeness (QED) is 0.892. The van der Waals surface area contributed by atoms with Gasteiger partial charge in [-0.1, -0.05) is 12.1 Å². The Bertz CT molecular complexity index is 521. The largest absolute Gasteiger partial charge is 0.376 e. The molecule has 23 heavy (non-hydrogen) atoms. The average Bonchev–Trinajstić information content (AvgIpc) is 3.07. The predicted octanol–water partition coefficient (Wildman–Crippen LogP) is 1.41. The number of nitrogens with zero attached hydrogens (tertiary/aromatic N) is 2. The van der Waals surface area contributed by atoms with Crippen LogP contribution >= 0.6 is 0 Å². The van der Waals surface area contributed by atoms with Crippen molar-refractivity contribution in [1.29, 1.82) is 0 Å². The first-order chi connectivity index (χ1) is 11.2. The lowest BCUT2D eigenvalue weighted by Gasteiger charge is -2.35. The van der Waals surface area contributed by atoms with Crippen LogP contribution in [0.3, 0.4) is 0 Å². The summed E-state index contributed by atoms with van der Waals surface area (Å²) in [6.45, 7) is 7.92. The van der Waals surface area contributed by atoms with Crippen molar-refractivity contribution in [3.8, 4) is 0 Å². The molecule has 2 saturated heterocycles. The molecule has 0 aliphatic carbocycles. The molecule has 1 N–H and O–H groups in total. The van der Waals surface area contributed by atoms with Crippen molar-refractivity contribution in [3.63, 3.8) is 0 Å². The Kier molecular flexibility index (Phi) is 5.51. The van der Waals surface area contributed by atoms with Crippen molar-refractivity contribution in [1.82, 2.24) is 10.2 Å². The van der Waals surface area contributed by atoms with Crippen molar-refractivity contribution in [2.45, 2.75) is 25.9 Å². The summed E-state index contributed by atoms with van der Waals surface area (Å²) in [4.78, 5) is 16.7. The number of ether oxygens (including phenoxy) is 1. The number of rotatable bonds is 5. The van der Waals surface area contributed by atoms with Crippen LogP contribution in [-0.2, 0) is 9.53 Å². The molecule has 1 unspecified atom stereocenters. The zero-order valence-corrected chi connectivity index (χ0v) is 14.0. The maximum absolute atomic E-state index is 12.0. The van der Waals surface area contributed by atoms with E-state index >= 15 is 0 Å². The Morgan fingerprint density at radius 3 is 2.83 bits per heavy atom. The number of hydrogen-bond donors (Lipinski definition) is 1. The number of carbonyl (C=O) groups is 1. The van der Waals surface area contributed by atoms with E-state index in [4.69, 9.17) is 4.74 Å². The van der Waals surface area contributed by atoms with Gasteiger partial charge >= 0.3 is 0 Å². The molecule has 2 aliphatic heterocycles. The molecule has 0 spiro atoms. The highest BCUT2D eigenvalue weighted by Crippen LogP contribution is 2.17. The Hall–Kier alpha value is -1.59. The third kappa shape index (κ3) is 4.69. The maximum Gasteiger partial charge on any atom is 0.234 e. The van der Waals surface area contributed by atoms with Crippen LogP contribution in [0.1, 0.15) is 18.4 Å². The van der Waals surface area contributed by atoms with Gasteiger partial charge in [0.15, 0.2) is 0 Å². The third-order valence-corrected chi connectivity index (χ3v) is 4.66. The Morgan fingerprint density at radius 1 is 1.30 bits per heavy atom. The first-order valence-electron chi connectivity index (χ1n) is 8.63. The van der Waals surface area contributed by atoms with E-state index in [1.807, 2.05) is 0 Å².